The topological polar surface area (TPSA) is 71.5 Å². The normalized spacial score (nSPS) is 14.0. The highest BCUT2D eigenvalue weighted by Gasteiger charge is 2.25. The molecule has 24 heavy (non-hydrogen) atoms. The van der Waals surface area contributed by atoms with Gasteiger partial charge in [-0.15, -0.1) is 11.3 Å². The van der Waals surface area contributed by atoms with Crippen LogP contribution in [0.1, 0.15) is 49.8 Å². The van der Waals surface area contributed by atoms with Crippen LogP contribution in [0, 0.1) is 0 Å². The lowest BCUT2D eigenvalue weighted by Gasteiger charge is -2.23. The summed E-state index contributed by atoms with van der Waals surface area (Å²) in [6.07, 6.45) is 1.12. The molecule has 2 N–H and O–H groups in total. The summed E-state index contributed by atoms with van der Waals surface area (Å²) >= 11 is 1.43. The van der Waals surface area contributed by atoms with E-state index in [4.69, 9.17) is 4.74 Å². The Morgan fingerprint density at radius 1 is 1.33 bits per heavy atom. The molecule has 0 fully saturated rings. The van der Waals surface area contributed by atoms with Crippen molar-refractivity contribution in [1.82, 2.24) is 10.3 Å². The van der Waals surface area contributed by atoms with Gasteiger partial charge in [0.15, 0.2) is 0 Å². The highest BCUT2D eigenvalue weighted by atomic mass is 32.1. The lowest BCUT2D eigenvalue weighted by Crippen LogP contribution is -2.33. The van der Waals surface area contributed by atoms with E-state index in [2.05, 4.69) is 10.3 Å². The van der Waals surface area contributed by atoms with Gasteiger partial charge in [0.1, 0.15) is 16.7 Å². The quantitative estimate of drug-likeness (QED) is 0.831. The molecule has 0 bridgehead atoms. The van der Waals surface area contributed by atoms with Crippen LogP contribution in [-0.2, 0) is 4.74 Å². The maximum absolute atomic E-state index is 11.8. The van der Waals surface area contributed by atoms with E-state index in [0.29, 0.717) is 18.0 Å². The number of rotatable bonds is 6. The number of carbonyl (C=O) groups is 1. The molecule has 130 valence electrons. The first-order valence-corrected chi connectivity index (χ1v) is 8.84. The standard InChI is InChI=1S/C18H24N2O3S/c1-18(2,3)23-17(22)20-10-9-14(13-7-5-4-6-8-13)15(21)16-19-11-12-24-16/h4-8,11-12,14-15,21H,9-10H2,1-3H3,(H,20,22)/t14-,15?/m0/s1. The molecular weight excluding hydrogens is 324 g/mol. The van der Waals surface area contributed by atoms with Crippen LogP contribution in [0.5, 0.6) is 0 Å². The molecule has 1 aromatic heterocycles. The van der Waals surface area contributed by atoms with E-state index in [0.717, 1.165) is 5.56 Å². The smallest absolute Gasteiger partial charge is 0.407 e. The molecule has 0 spiro atoms. The average Bonchev–Trinajstić information content (AvgIpc) is 3.04. The minimum Gasteiger partial charge on any atom is -0.444 e. The van der Waals surface area contributed by atoms with Crippen molar-refractivity contribution in [2.45, 2.75) is 44.8 Å². The number of carbonyl (C=O) groups excluding carboxylic acids is 1. The monoisotopic (exact) mass is 348 g/mol. The molecule has 2 rings (SSSR count). The molecule has 0 saturated carbocycles. The first-order chi connectivity index (χ1) is 11.4. The largest absolute Gasteiger partial charge is 0.444 e. The van der Waals surface area contributed by atoms with Gasteiger partial charge in [-0.1, -0.05) is 30.3 Å². The number of benzene rings is 1. The first kappa shape index (κ1) is 18.4. The number of hydrogen-bond donors (Lipinski definition) is 2. The van der Waals surface area contributed by atoms with Gasteiger partial charge in [0.25, 0.3) is 0 Å². The SMILES string of the molecule is CC(C)(C)OC(=O)NCC[C@@H](c1ccccc1)C(O)c1nccs1. The summed E-state index contributed by atoms with van der Waals surface area (Å²) in [5, 5.41) is 16.0. The minimum absolute atomic E-state index is 0.146. The van der Waals surface area contributed by atoms with Gasteiger partial charge in [0, 0.05) is 24.0 Å². The van der Waals surface area contributed by atoms with Crippen molar-refractivity contribution in [3.63, 3.8) is 0 Å². The highest BCUT2D eigenvalue weighted by Crippen LogP contribution is 2.34. The van der Waals surface area contributed by atoms with Crippen LogP contribution < -0.4 is 5.32 Å². The van der Waals surface area contributed by atoms with Crippen LogP contribution in [0.15, 0.2) is 41.9 Å². The lowest BCUT2D eigenvalue weighted by atomic mass is 9.90. The molecule has 6 heteroatoms. The van der Waals surface area contributed by atoms with Gasteiger partial charge in [-0.25, -0.2) is 9.78 Å². The van der Waals surface area contributed by atoms with Crippen molar-refractivity contribution in [3.8, 4) is 0 Å². The minimum atomic E-state index is -0.701. The summed E-state index contributed by atoms with van der Waals surface area (Å²) in [5.41, 5.74) is 0.495. The van der Waals surface area contributed by atoms with E-state index >= 15 is 0 Å². The van der Waals surface area contributed by atoms with Crippen LogP contribution in [0.4, 0.5) is 4.79 Å². The van der Waals surface area contributed by atoms with Gasteiger partial charge < -0.3 is 15.2 Å². The summed E-state index contributed by atoms with van der Waals surface area (Å²) in [7, 11) is 0. The van der Waals surface area contributed by atoms with Crippen LogP contribution in [0.2, 0.25) is 0 Å². The van der Waals surface area contributed by atoms with E-state index < -0.39 is 17.8 Å². The Kier molecular flexibility index (Phi) is 6.34. The molecule has 5 nitrogen and oxygen atoms in total. The zero-order chi connectivity index (χ0) is 17.6. The summed E-state index contributed by atoms with van der Waals surface area (Å²) in [4.78, 5) is 16.0. The van der Waals surface area contributed by atoms with Gasteiger partial charge >= 0.3 is 6.09 Å². The number of alkyl carbamates (subject to hydrolysis) is 1. The number of nitrogens with one attached hydrogen (secondary N) is 1. The van der Waals surface area contributed by atoms with Crippen LogP contribution in [0.3, 0.4) is 0 Å². The van der Waals surface area contributed by atoms with E-state index in [-0.39, 0.29) is 5.92 Å². The Morgan fingerprint density at radius 2 is 2.04 bits per heavy atom. The van der Waals surface area contributed by atoms with Crippen molar-refractivity contribution in [2.75, 3.05) is 6.54 Å². The molecule has 1 unspecified atom stereocenters. The van der Waals surface area contributed by atoms with Gasteiger partial charge in [-0.2, -0.15) is 0 Å². The Balaban J connectivity index is 2.01. The third kappa shape index (κ3) is 5.62. The van der Waals surface area contributed by atoms with Crippen molar-refractivity contribution < 1.29 is 14.6 Å². The lowest BCUT2D eigenvalue weighted by molar-refractivity contribution is 0.0520. The Bertz CT molecular complexity index is 623. The Hall–Kier alpha value is -1.92. The number of amides is 1. The van der Waals surface area contributed by atoms with Crippen molar-refractivity contribution in [2.24, 2.45) is 0 Å². The summed E-state index contributed by atoms with van der Waals surface area (Å²) in [6.45, 7) is 5.89. The molecule has 1 aromatic carbocycles. The number of aliphatic hydroxyl groups is 1. The average molecular weight is 348 g/mol. The van der Waals surface area contributed by atoms with Gasteiger partial charge in [-0.05, 0) is 32.8 Å². The molecule has 1 amide bonds. The Labute approximate surface area is 146 Å². The number of aromatic nitrogens is 1. The summed E-state index contributed by atoms with van der Waals surface area (Å²) in [5.74, 6) is -0.146. The van der Waals surface area contributed by atoms with E-state index in [9.17, 15) is 9.90 Å². The zero-order valence-electron chi connectivity index (χ0n) is 14.2. The van der Waals surface area contributed by atoms with Crippen LogP contribution >= 0.6 is 11.3 Å². The Morgan fingerprint density at radius 3 is 2.62 bits per heavy atom. The second kappa shape index (κ2) is 8.26. The first-order valence-electron chi connectivity index (χ1n) is 7.96. The van der Waals surface area contributed by atoms with Crippen molar-refractivity contribution in [1.29, 1.82) is 0 Å². The van der Waals surface area contributed by atoms with Crippen molar-refractivity contribution >= 4 is 17.4 Å². The van der Waals surface area contributed by atoms with Gasteiger partial charge in [-0.3, -0.25) is 0 Å². The molecule has 0 radical (unpaired) electrons. The summed E-state index contributed by atoms with van der Waals surface area (Å²) in [6, 6.07) is 9.79. The molecule has 2 atom stereocenters. The zero-order valence-corrected chi connectivity index (χ0v) is 15.0. The maximum atomic E-state index is 11.8. The molecule has 0 saturated heterocycles. The predicted octanol–water partition coefficient (Wildman–Crippen LogP) is 3.88. The molecule has 1 heterocycles. The molecule has 2 aromatic rings. The molecule has 0 aliphatic carbocycles. The molecule has 0 aliphatic heterocycles. The molecule has 0 aliphatic rings. The maximum Gasteiger partial charge on any atom is 0.407 e. The number of thiazole rings is 1. The van der Waals surface area contributed by atoms with E-state index in [1.807, 2.05) is 56.5 Å². The number of ether oxygens (including phenoxy) is 1. The second-order valence-corrected chi connectivity index (χ2v) is 7.48. The predicted molar refractivity (Wildman–Crippen MR) is 95.1 cm³/mol. The van der Waals surface area contributed by atoms with E-state index in [1.165, 1.54) is 11.3 Å². The third-order valence-electron chi connectivity index (χ3n) is 3.44. The van der Waals surface area contributed by atoms with Crippen LogP contribution in [0.25, 0.3) is 0 Å². The fourth-order valence-corrected chi connectivity index (χ4v) is 3.09. The molecular formula is C18H24N2O3S. The fraction of sp³-hybridized carbons (Fsp3) is 0.444. The van der Waals surface area contributed by atoms with Crippen LogP contribution in [-0.4, -0.2) is 28.3 Å². The third-order valence-corrected chi connectivity index (χ3v) is 4.28. The highest BCUT2D eigenvalue weighted by molar-refractivity contribution is 7.09. The van der Waals surface area contributed by atoms with Gasteiger partial charge in [0.2, 0.25) is 0 Å². The number of hydrogen-bond acceptors (Lipinski definition) is 5. The summed E-state index contributed by atoms with van der Waals surface area (Å²) < 4.78 is 5.24. The van der Waals surface area contributed by atoms with Crippen molar-refractivity contribution in [3.05, 3.63) is 52.5 Å². The van der Waals surface area contributed by atoms with Gasteiger partial charge in [0.05, 0.1) is 0 Å². The van der Waals surface area contributed by atoms with E-state index in [1.54, 1.807) is 6.20 Å². The number of aliphatic hydroxyl groups excluding tert-OH is 1. The second-order valence-electron chi connectivity index (χ2n) is 6.55. The number of nitrogens with zero attached hydrogens (tertiary/aromatic N) is 1. The fourth-order valence-electron chi connectivity index (χ4n) is 2.40.